The minimum absolute atomic E-state index is 0.406. The molecule has 0 saturated heterocycles. The number of nitrogens with one attached hydrogen (secondary N) is 1. The molecule has 84 valence electrons. The van der Waals surface area contributed by atoms with Crippen LogP contribution in [0.5, 0.6) is 0 Å². The van der Waals surface area contributed by atoms with Crippen LogP contribution in [0.15, 0.2) is 0 Å². The first-order chi connectivity index (χ1) is 7.13. The van der Waals surface area contributed by atoms with Crippen LogP contribution < -0.4 is 10.2 Å². The van der Waals surface area contributed by atoms with Crippen molar-refractivity contribution in [3.8, 4) is 0 Å². The molecule has 4 heteroatoms. The fourth-order valence-electron chi connectivity index (χ4n) is 1.70. The highest BCUT2D eigenvalue weighted by Crippen LogP contribution is 2.35. The van der Waals surface area contributed by atoms with Crippen LogP contribution in [0.1, 0.15) is 36.4 Å². The monoisotopic (exact) mass is 225 g/mol. The predicted octanol–water partition coefficient (Wildman–Crippen LogP) is 2.33. The van der Waals surface area contributed by atoms with Crippen molar-refractivity contribution in [3.05, 3.63) is 10.6 Å². The molecule has 1 fully saturated rings. The zero-order valence-electron chi connectivity index (χ0n) is 9.87. The number of hydrogen-bond donors (Lipinski definition) is 1. The van der Waals surface area contributed by atoms with Gasteiger partial charge in [0.15, 0.2) is 5.13 Å². The van der Waals surface area contributed by atoms with Crippen LogP contribution in [0.25, 0.3) is 0 Å². The molecule has 0 bridgehead atoms. The summed E-state index contributed by atoms with van der Waals surface area (Å²) in [6.45, 7) is 4.28. The number of thiazole rings is 1. The molecule has 0 spiro atoms. The molecule has 1 aliphatic rings. The molecule has 1 N–H and O–H groups in total. The zero-order valence-corrected chi connectivity index (χ0v) is 10.7. The summed E-state index contributed by atoms with van der Waals surface area (Å²) in [6, 6.07) is 1.15. The molecule has 0 amide bonds. The molecule has 2 rings (SSSR count). The van der Waals surface area contributed by atoms with Crippen LogP contribution in [0.4, 0.5) is 5.13 Å². The molecule has 0 aromatic carbocycles. The van der Waals surface area contributed by atoms with Crippen molar-refractivity contribution in [1.82, 2.24) is 10.3 Å². The maximum absolute atomic E-state index is 4.65. The van der Waals surface area contributed by atoms with Crippen LogP contribution in [-0.2, 0) is 0 Å². The van der Waals surface area contributed by atoms with Gasteiger partial charge >= 0.3 is 0 Å². The minimum atomic E-state index is 0.406. The van der Waals surface area contributed by atoms with Gasteiger partial charge in [0.05, 0.1) is 5.69 Å². The molecule has 0 aliphatic heterocycles. The highest BCUT2D eigenvalue weighted by molar-refractivity contribution is 7.15. The van der Waals surface area contributed by atoms with Gasteiger partial charge in [-0.1, -0.05) is 0 Å². The molecule has 1 aromatic heterocycles. The molecular weight excluding hydrogens is 206 g/mol. The Hall–Kier alpha value is -0.610. The molecule has 0 radical (unpaired) electrons. The lowest BCUT2D eigenvalue weighted by Gasteiger charge is -2.13. The van der Waals surface area contributed by atoms with Crippen LogP contribution in [0, 0.1) is 6.92 Å². The quantitative estimate of drug-likeness (QED) is 0.852. The van der Waals surface area contributed by atoms with E-state index in [0.717, 1.165) is 6.04 Å². The Balaban J connectivity index is 2.19. The summed E-state index contributed by atoms with van der Waals surface area (Å²) in [6.07, 6.45) is 2.65. The highest BCUT2D eigenvalue weighted by Gasteiger charge is 2.28. The summed E-state index contributed by atoms with van der Waals surface area (Å²) >= 11 is 1.82. The number of hydrogen-bond acceptors (Lipinski definition) is 4. The predicted molar refractivity (Wildman–Crippen MR) is 65.8 cm³/mol. The van der Waals surface area contributed by atoms with Gasteiger partial charge in [-0.3, -0.25) is 0 Å². The Morgan fingerprint density at radius 1 is 1.53 bits per heavy atom. The third kappa shape index (κ3) is 2.16. The van der Waals surface area contributed by atoms with Crippen molar-refractivity contribution in [2.75, 3.05) is 19.0 Å². The van der Waals surface area contributed by atoms with Crippen molar-refractivity contribution in [3.63, 3.8) is 0 Å². The molecule has 1 saturated carbocycles. The average Bonchev–Trinajstić information content (AvgIpc) is 3.00. The third-order valence-electron chi connectivity index (χ3n) is 3.04. The first-order valence-electron chi connectivity index (χ1n) is 5.51. The van der Waals surface area contributed by atoms with Crippen molar-refractivity contribution in [2.45, 2.75) is 38.8 Å². The second-order valence-electron chi connectivity index (χ2n) is 4.30. The van der Waals surface area contributed by atoms with E-state index in [1.807, 2.05) is 18.4 Å². The maximum atomic E-state index is 4.65. The van der Waals surface area contributed by atoms with E-state index in [1.54, 1.807) is 0 Å². The van der Waals surface area contributed by atoms with E-state index in [-0.39, 0.29) is 0 Å². The van der Waals surface area contributed by atoms with E-state index in [4.69, 9.17) is 0 Å². The van der Waals surface area contributed by atoms with E-state index in [2.05, 4.69) is 36.1 Å². The summed E-state index contributed by atoms with van der Waals surface area (Å²) in [7, 11) is 4.15. The Kier molecular flexibility index (Phi) is 2.98. The normalized spacial score (nSPS) is 17.9. The molecular formula is C11H19N3S. The summed E-state index contributed by atoms with van der Waals surface area (Å²) in [5.41, 5.74) is 1.17. The lowest BCUT2D eigenvalue weighted by Crippen LogP contribution is -2.18. The fraction of sp³-hybridized carbons (Fsp3) is 0.727. The number of nitrogens with zero attached hydrogens (tertiary/aromatic N) is 2. The van der Waals surface area contributed by atoms with Gasteiger partial charge < -0.3 is 10.2 Å². The minimum Gasteiger partial charge on any atom is -0.348 e. The van der Waals surface area contributed by atoms with Crippen LogP contribution in [0.3, 0.4) is 0 Å². The van der Waals surface area contributed by atoms with Crippen molar-refractivity contribution >= 4 is 16.5 Å². The summed E-state index contributed by atoms with van der Waals surface area (Å²) in [5, 5.41) is 4.44. The second kappa shape index (κ2) is 4.10. The third-order valence-corrected chi connectivity index (χ3v) is 4.47. The number of anilines is 1. The van der Waals surface area contributed by atoms with Crippen LogP contribution in [-0.4, -0.2) is 25.1 Å². The molecule has 1 unspecified atom stereocenters. The van der Waals surface area contributed by atoms with Crippen molar-refractivity contribution < 1.29 is 0 Å². The van der Waals surface area contributed by atoms with Gasteiger partial charge in [-0.2, -0.15) is 0 Å². The van der Waals surface area contributed by atoms with Gasteiger partial charge in [0.2, 0.25) is 0 Å². The lowest BCUT2D eigenvalue weighted by molar-refractivity contribution is 0.658. The van der Waals surface area contributed by atoms with Gasteiger partial charge in [-0.25, -0.2) is 4.98 Å². The van der Waals surface area contributed by atoms with Gasteiger partial charge in [-0.05, 0) is 33.7 Å². The van der Waals surface area contributed by atoms with E-state index in [1.165, 1.54) is 28.5 Å². The molecule has 15 heavy (non-hydrogen) atoms. The average molecular weight is 225 g/mol. The molecule has 1 aromatic rings. The Labute approximate surface area is 95.5 Å². The first kappa shape index (κ1) is 10.9. The number of rotatable bonds is 4. The second-order valence-corrected chi connectivity index (χ2v) is 5.31. The van der Waals surface area contributed by atoms with E-state index < -0.39 is 0 Å². The summed E-state index contributed by atoms with van der Waals surface area (Å²) in [4.78, 5) is 8.33. The van der Waals surface area contributed by atoms with Crippen molar-refractivity contribution in [2.24, 2.45) is 0 Å². The lowest BCUT2D eigenvalue weighted by atomic mass is 10.2. The largest absolute Gasteiger partial charge is 0.348 e. The van der Waals surface area contributed by atoms with Crippen molar-refractivity contribution in [1.29, 1.82) is 0 Å². The van der Waals surface area contributed by atoms with Gasteiger partial charge in [0, 0.05) is 24.0 Å². The molecule has 3 nitrogen and oxygen atoms in total. The molecule has 1 atom stereocenters. The number of aromatic nitrogens is 1. The van der Waals surface area contributed by atoms with E-state index in [0.29, 0.717) is 6.04 Å². The fourth-order valence-corrected chi connectivity index (χ4v) is 2.86. The molecule has 1 aliphatic carbocycles. The van der Waals surface area contributed by atoms with Gasteiger partial charge in [0.25, 0.3) is 0 Å². The summed E-state index contributed by atoms with van der Waals surface area (Å²) < 4.78 is 0. The standard InChI is InChI=1S/C11H19N3S/c1-7(12-3)10-8(2)13-11(15-10)14(4)9-5-6-9/h7,9,12H,5-6H2,1-4H3. The van der Waals surface area contributed by atoms with Crippen LogP contribution in [0.2, 0.25) is 0 Å². The topological polar surface area (TPSA) is 28.2 Å². The Morgan fingerprint density at radius 3 is 2.73 bits per heavy atom. The van der Waals surface area contributed by atoms with Crippen LogP contribution >= 0.6 is 11.3 Å². The van der Waals surface area contributed by atoms with E-state index >= 15 is 0 Å². The van der Waals surface area contributed by atoms with Gasteiger partial charge in [-0.15, -0.1) is 11.3 Å². The maximum Gasteiger partial charge on any atom is 0.185 e. The zero-order chi connectivity index (χ0) is 11.0. The smallest absolute Gasteiger partial charge is 0.185 e. The Morgan fingerprint density at radius 2 is 2.20 bits per heavy atom. The highest BCUT2D eigenvalue weighted by atomic mass is 32.1. The summed E-state index contributed by atoms with van der Waals surface area (Å²) in [5.74, 6) is 0. The van der Waals surface area contributed by atoms with Gasteiger partial charge in [0.1, 0.15) is 0 Å². The van der Waals surface area contributed by atoms with E-state index in [9.17, 15) is 0 Å². The number of aryl methyl sites for hydroxylation is 1. The molecule has 1 heterocycles. The Bertz CT molecular complexity index is 344. The first-order valence-corrected chi connectivity index (χ1v) is 6.32. The SMILES string of the molecule is CNC(C)c1sc(N(C)C2CC2)nc1C.